The zero-order chi connectivity index (χ0) is 3.58. The molecular weight excluding hydrogens is 174 g/mol. The zero-order valence-electron chi connectivity index (χ0n) is 3.01. The van der Waals surface area contributed by atoms with Crippen molar-refractivity contribution < 1.29 is 43.2 Å². The average Bonchev–Trinajstić information content (AvgIpc) is 0.811. The van der Waals surface area contributed by atoms with E-state index in [2.05, 4.69) is 0 Å². The Hall–Kier alpha value is 0.470. The van der Waals surface area contributed by atoms with Crippen molar-refractivity contribution in [1.82, 2.24) is 0 Å². The quantitative estimate of drug-likeness (QED) is 0.533. The molecule has 0 rings (SSSR count). The number of carbonyl (C=O) groups is 1. The van der Waals surface area contributed by atoms with Crippen molar-refractivity contribution in [3.05, 3.63) is 0 Å². The van der Waals surface area contributed by atoms with Crippen LogP contribution in [0.3, 0.4) is 0 Å². The van der Waals surface area contributed by atoms with Gasteiger partial charge >= 0.3 is 0 Å². The molecule has 0 unspecified atom stereocenters. The minimum Gasteiger partial charge on any atom is -0.481 e. The fraction of sp³-hybridized carbons (Fsp3) is 0.500. The van der Waals surface area contributed by atoms with Crippen LogP contribution in [0.2, 0.25) is 0 Å². The van der Waals surface area contributed by atoms with Crippen LogP contribution in [0.4, 0.5) is 0 Å². The van der Waals surface area contributed by atoms with Crippen molar-refractivity contribution in [3.8, 4) is 0 Å². The molecule has 0 fully saturated rings. The van der Waals surface area contributed by atoms with Gasteiger partial charge < -0.3 is 5.11 Å². The van der Waals surface area contributed by atoms with Crippen molar-refractivity contribution in [3.63, 3.8) is 0 Å². The summed E-state index contributed by atoms with van der Waals surface area (Å²) in [5.74, 6) is -0.833. The second-order valence-corrected chi connectivity index (χ2v) is 0.519. The van der Waals surface area contributed by atoms with Gasteiger partial charge in [-0.15, -0.1) is 0 Å². The summed E-state index contributed by atoms with van der Waals surface area (Å²) in [6.45, 7) is 1.08. The van der Waals surface area contributed by atoms with Crippen LogP contribution < -0.4 is 0 Å². The number of hydrogen-bond acceptors (Lipinski definition) is 1. The Labute approximate surface area is 56.4 Å². The maximum atomic E-state index is 9.00. The van der Waals surface area contributed by atoms with E-state index in [4.69, 9.17) is 9.90 Å². The molecule has 0 saturated carbocycles. The number of rotatable bonds is 0. The van der Waals surface area contributed by atoms with E-state index < -0.39 is 5.97 Å². The van der Waals surface area contributed by atoms with Crippen LogP contribution in [0.15, 0.2) is 0 Å². The molecule has 0 atom stereocenters. The summed E-state index contributed by atoms with van der Waals surface area (Å²) < 4.78 is 0. The molecule has 1 radical (unpaired) electrons. The van der Waals surface area contributed by atoms with Crippen LogP contribution in [-0.4, -0.2) is 11.1 Å². The van der Waals surface area contributed by atoms with Crippen molar-refractivity contribution >= 4 is 5.97 Å². The topological polar surface area (TPSA) is 37.3 Å². The van der Waals surface area contributed by atoms with Gasteiger partial charge in [0.25, 0.3) is 5.97 Å². The molecule has 43 valence electrons. The van der Waals surface area contributed by atoms with Crippen LogP contribution in [0, 0.1) is 0 Å². The summed E-state index contributed by atoms with van der Waals surface area (Å²) in [6, 6.07) is 0. The van der Waals surface area contributed by atoms with Gasteiger partial charge in [0.15, 0.2) is 0 Å². The van der Waals surface area contributed by atoms with Gasteiger partial charge in [0.2, 0.25) is 0 Å². The third-order valence-electron chi connectivity index (χ3n) is 0. The minimum absolute atomic E-state index is 0. The summed E-state index contributed by atoms with van der Waals surface area (Å²) >= 11 is 0. The van der Waals surface area contributed by atoms with Crippen LogP contribution in [0.1, 0.15) is 6.92 Å². The Bertz CT molecular complexity index is 34.5. The Morgan fingerprint density at radius 2 is 1.67 bits per heavy atom. The summed E-state index contributed by atoms with van der Waals surface area (Å²) in [6.07, 6.45) is 0. The number of carboxylic acids is 1. The van der Waals surface area contributed by atoms with E-state index in [9.17, 15) is 0 Å². The Kier molecular flexibility index (Phi) is 24.3. The monoisotopic (exact) mass is 177 g/mol. The van der Waals surface area contributed by atoms with Crippen LogP contribution in [0.25, 0.3) is 0 Å². The Balaban J connectivity index is -0.0000000450. The molecule has 0 bridgehead atoms. The van der Waals surface area contributed by atoms with Crippen molar-refractivity contribution in [2.75, 3.05) is 0 Å². The molecule has 4 heteroatoms. The minimum atomic E-state index is -0.833. The first-order valence-corrected chi connectivity index (χ1v) is 0.928. The second kappa shape index (κ2) is 9.08. The average molecular weight is 178 g/mol. The molecule has 6 heavy (non-hydrogen) atoms. The maximum absolute atomic E-state index is 9.00. The molecule has 0 aliphatic carbocycles. The molecule has 0 saturated heterocycles. The molecule has 0 heterocycles. The summed E-state index contributed by atoms with van der Waals surface area (Å²) in [5.41, 5.74) is 0. The van der Waals surface area contributed by atoms with Gasteiger partial charge in [-0.3, -0.25) is 4.79 Å². The molecule has 0 spiro atoms. The van der Waals surface area contributed by atoms with Crippen LogP contribution in [0.5, 0.6) is 0 Å². The molecule has 0 aliphatic rings. The first kappa shape index (κ1) is 16.1. The molecule has 0 aliphatic heterocycles. The van der Waals surface area contributed by atoms with E-state index in [1.54, 1.807) is 0 Å². The standard InChI is InChI=1S/C2H4O2.Co.Ni/c1-2(3)4;;/h1H3,(H,3,4);;. The van der Waals surface area contributed by atoms with Gasteiger partial charge in [0.05, 0.1) is 0 Å². The number of aliphatic carboxylic acids is 1. The van der Waals surface area contributed by atoms with Crippen molar-refractivity contribution in [2.45, 2.75) is 6.92 Å². The molecule has 0 aromatic heterocycles. The number of hydrogen-bond donors (Lipinski definition) is 1. The third-order valence-corrected chi connectivity index (χ3v) is 0. The first-order chi connectivity index (χ1) is 1.73. The summed E-state index contributed by atoms with van der Waals surface area (Å²) in [7, 11) is 0. The van der Waals surface area contributed by atoms with Gasteiger partial charge in [-0.2, -0.15) is 0 Å². The SMILES string of the molecule is CC(=O)O.[Co].[Ni]. The molecular formula is C2H4CoNiO2. The maximum Gasteiger partial charge on any atom is 0.300 e. The first-order valence-electron chi connectivity index (χ1n) is 0.928. The molecule has 0 amide bonds. The van der Waals surface area contributed by atoms with Gasteiger partial charge in [0.1, 0.15) is 0 Å². The molecule has 2 nitrogen and oxygen atoms in total. The van der Waals surface area contributed by atoms with E-state index in [0.717, 1.165) is 6.92 Å². The summed E-state index contributed by atoms with van der Waals surface area (Å²) in [5, 5.41) is 7.42. The normalized spacial score (nSPS) is 4.17. The zero-order valence-corrected chi connectivity index (χ0v) is 5.03. The van der Waals surface area contributed by atoms with E-state index in [-0.39, 0.29) is 33.3 Å². The Morgan fingerprint density at radius 1 is 1.67 bits per heavy atom. The van der Waals surface area contributed by atoms with E-state index in [1.165, 1.54) is 0 Å². The van der Waals surface area contributed by atoms with E-state index in [0.29, 0.717) is 0 Å². The fourth-order valence-corrected chi connectivity index (χ4v) is 0. The van der Waals surface area contributed by atoms with Gasteiger partial charge in [-0.25, -0.2) is 0 Å². The fourth-order valence-electron chi connectivity index (χ4n) is 0. The smallest absolute Gasteiger partial charge is 0.300 e. The van der Waals surface area contributed by atoms with Crippen LogP contribution >= 0.6 is 0 Å². The molecule has 1 N–H and O–H groups in total. The van der Waals surface area contributed by atoms with Crippen molar-refractivity contribution in [1.29, 1.82) is 0 Å². The van der Waals surface area contributed by atoms with Gasteiger partial charge in [0, 0.05) is 40.2 Å². The second-order valence-electron chi connectivity index (χ2n) is 0.519. The summed E-state index contributed by atoms with van der Waals surface area (Å²) in [4.78, 5) is 9.00. The van der Waals surface area contributed by atoms with Gasteiger partial charge in [-0.05, 0) is 0 Å². The van der Waals surface area contributed by atoms with E-state index in [1.807, 2.05) is 0 Å². The third kappa shape index (κ3) is 244. The van der Waals surface area contributed by atoms with E-state index >= 15 is 0 Å². The predicted molar refractivity (Wildman–Crippen MR) is 13.3 cm³/mol. The largest absolute Gasteiger partial charge is 0.481 e. The molecule has 0 aromatic rings. The van der Waals surface area contributed by atoms with Crippen molar-refractivity contribution in [2.24, 2.45) is 0 Å². The predicted octanol–water partition coefficient (Wildman–Crippen LogP) is 0.0859. The Morgan fingerprint density at radius 3 is 1.67 bits per heavy atom. The van der Waals surface area contributed by atoms with Crippen LogP contribution in [-0.2, 0) is 38.1 Å². The number of carboxylic acid groups (broad SMARTS) is 1. The van der Waals surface area contributed by atoms with Gasteiger partial charge in [-0.1, -0.05) is 0 Å². The molecule has 0 aromatic carbocycles.